The predicted molar refractivity (Wildman–Crippen MR) is 55.2 cm³/mol. The summed E-state index contributed by atoms with van der Waals surface area (Å²) >= 11 is 0. The Morgan fingerprint density at radius 2 is 2.33 bits per heavy atom. The molecule has 0 spiro atoms. The number of likely N-dealkylation sites (tertiary alicyclic amines) is 1. The van der Waals surface area contributed by atoms with Crippen molar-refractivity contribution >= 4 is 11.8 Å². The van der Waals surface area contributed by atoms with Crippen LogP contribution < -0.4 is 10.6 Å². The van der Waals surface area contributed by atoms with Crippen molar-refractivity contribution in [3.63, 3.8) is 0 Å². The van der Waals surface area contributed by atoms with Gasteiger partial charge in [-0.2, -0.15) is 0 Å². The molecule has 2 amide bonds. The molecule has 2 fully saturated rings. The van der Waals surface area contributed by atoms with Gasteiger partial charge in [-0.1, -0.05) is 0 Å². The molecule has 2 saturated heterocycles. The number of carbonyl (C=O) groups excluding carboxylic acids is 2. The van der Waals surface area contributed by atoms with Crippen LogP contribution in [0.4, 0.5) is 0 Å². The molecule has 2 aliphatic rings. The van der Waals surface area contributed by atoms with E-state index in [2.05, 4.69) is 10.6 Å². The second kappa shape index (κ2) is 4.28. The highest BCUT2D eigenvalue weighted by molar-refractivity contribution is 6.05. The Balaban J connectivity index is 1.80. The molecule has 2 N–H and O–H groups in total. The summed E-state index contributed by atoms with van der Waals surface area (Å²) in [7, 11) is 1.54. The number of nitrogens with zero attached hydrogens (tertiary/aromatic N) is 1. The monoisotopic (exact) mass is 211 g/mol. The summed E-state index contributed by atoms with van der Waals surface area (Å²) in [6.07, 6.45) is 2.66. The Kier molecular flexibility index (Phi) is 3.02. The van der Waals surface area contributed by atoms with E-state index in [0.29, 0.717) is 12.5 Å². The molecule has 2 aliphatic heterocycles. The van der Waals surface area contributed by atoms with Gasteiger partial charge < -0.3 is 10.6 Å². The summed E-state index contributed by atoms with van der Waals surface area (Å²) in [6, 6.07) is 0.156. The van der Waals surface area contributed by atoms with Crippen molar-refractivity contribution in [2.45, 2.75) is 31.3 Å². The average molecular weight is 211 g/mol. The first kappa shape index (κ1) is 10.6. The number of amides is 2. The van der Waals surface area contributed by atoms with Crippen LogP contribution >= 0.6 is 0 Å². The molecule has 84 valence electrons. The Morgan fingerprint density at radius 3 is 2.87 bits per heavy atom. The molecule has 2 unspecified atom stereocenters. The van der Waals surface area contributed by atoms with Crippen molar-refractivity contribution in [1.82, 2.24) is 15.5 Å². The van der Waals surface area contributed by atoms with E-state index in [9.17, 15) is 9.59 Å². The fraction of sp³-hybridized carbons (Fsp3) is 0.800. The van der Waals surface area contributed by atoms with Gasteiger partial charge in [0.1, 0.15) is 0 Å². The van der Waals surface area contributed by atoms with E-state index < -0.39 is 0 Å². The number of rotatable bonds is 3. The first-order valence-corrected chi connectivity index (χ1v) is 5.45. The quantitative estimate of drug-likeness (QED) is 0.593. The van der Waals surface area contributed by atoms with Crippen LogP contribution in [0.25, 0.3) is 0 Å². The van der Waals surface area contributed by atoms with Crippen LogP contribution in [0.1, 0.15) is 19.3 Å². The minimum absolute atomic E-state index is 0.0862. The molecule has 5 heteroatoms. The average Bonchev–Trinajstić information content (AvgIpc) is 2.80. The second-order valence-corrected chi connectivity index (χ2v) is 4.25. The molecule has 0 radical (unpaired) electrons. The number of imide groups is 1. The highest BCUT2D eigenvalue weighted by atomic mass is 16.2. The van der Waals surface area contributed by atoms with Crippen molar-refractivity contribution in [1.29, 1.82) is 0 Å². The van der Waals surface area contributed by atoms with Crippen molar-refractivity contribution < 1.29 is 9.59 Å². The third kappa shape index (κ3) is 2.18. The van der Waals surface area contributed by atoms with Crippen LogP contribution in [0.3, 0.4) is 0 Å². The molecule has 5 nitrogen and oxygen atoms in total. The van der Waals surface area contributed by atoms with Gasteiger partial charge in [0.2, 0.25) is 11.8 Å². The Hall–Kier alpha value is -0.940. The molecular formula is C10H17N3O2. The lowest BCUT2D eigenvalue weighted by atomic mass is 10.2. The summed E-state index contributed by atoms with van der Waals surface area (Å²) in [5.74, 6) is -0.185. The SMILES string of the molecule is CN1C(=O)CC(NCC2CCCN2)C1=O. The zero-order valence-corrected chi connectivity index (χ0v) is 8.95. The first-order chi connectivity index (χ1) is 7.18. The maximum Gasteiger partial charge on any atom is 0.246 e. The Labute approximate surface area is 89.2 Å². The number of nitrogens with one attached hydrogen (secondary N) is 2. The van der Waals surface area contributed by atoms with Crippen LogP contribution in [0.5, 0.6) is 0 Å². The van der Waals surface area contributed by atoms with Gasteiger partial charge in [-0.25, -0.2) is 0 Å². The number of carbonyl (C=O) groups is 2. The molecule has 0 bridgehead atoms. The molecule has 2 rings (SSSR count). The summed E-state index contributed by atoms with van der Waals surface area (Å²) in [5, 5.41) is 6.51. The van der Waals surface area contributed by atoms with E-state index in [4.69, 9.17) is 0 Å². The number of hydrogen-bond donors (Lipinski definition) is 2. The van der Waals surface area contributed by atoms with Gasteiger partial charge in [-0.3, -0.25) is 14.5 Å². The van der Waals surface area contributed by atoms with E-state index in [1.54, 1.807) is 7.05 Å². The molecular weight excluding hydrogens is 194 g/mol. The summed E-state index contributed by atoms with van der Waals surface area (Å²) < 4.78 is 0. The second-order valence-electron chi connectivity index (χ2n) is 4.25. The lowest BCUT2D eigenvalue weighted by Crippen LogP contribution is -2.43. The topological polar surface area (TPSA) is 61.4 Å². The van der Waals surface area contributed by atoms with E-state index in [-0.39, 0.29) is 17.9 Å². The number of likely N-dealkylation sites (N-methyl/N-ethyl adjacent to an activating group) is 1. The van der Waals surface area contributed by atoms with E-state index >= 15 is 0 Å². The molecule has 0 aromatic carbocycles. The minimum atomic E-state index is -0.301. The molecule has 2 heterocycles. The molecule has 0 saturated carbocycles. The van der Waals surface area contributed by atoms with Gasteiger partial charge in [0, 0.05) is 19.6 Å². The summed E-state index contributed by atoms with van der Waals surface area (Å²) in [6.45, 7) is 1.83. The van der Waals surface area contributed by atoms with E-state index in [1.807, 2.05) is 0 Å². The highest BCUT2D eigenvalue weighted by Gasteiger charge is 2.35. The third-order valence-corrected chi connectivity index (χ3v) is 3.15. The molecule has 0 aromatic heterocycles. The summed E-state index contributed by atoms with van der Waals surface area (Å²) in [4.78, 5) is 24.0. The molecule has 15 heavy (non-hydrogen) atoms. The fourth-order valence-corrected chi connectivity index (χ4v) is 2.13. The molecule has 0 aromatic rings. The predicted octanol–water partition coefficient (Wildman–Crippen LogP) is -0.915. The maximum atomic E-state index is 11.5. The van der Waals surface area contributed by atoms with Gasteiger partial charge >= 0.3 is 0 Å². The van der Waals surface area contributed by atoms with Gasteiger partial charge in [-0.15, -0.1) is 0 Å². The normalized spacial score (nSPS) is 31.7. The van der Waals surface area contributed by atoms with Crippen molar-refractivity contribution in [3.05, 3.63) is 0 Å². The van der Waals surface area contributed by atoms with E-state index in [0.717, 1.165) is 19.5 Å². The third-order valence-electron chi connectivity index (χ3n) is 3.15. The van der Waals surface area contributed by atoms with Crippen LogP contribution in [-0.4, -0.2) is 48.9 Å². The zero-order chi connectivity index (χ0) is 10.8. The largest absolute Gasteiger partial charge is 0.313 e. The van der Waals surface area contributed by atoms with Gasteiger partial charge in [0.25, 0.3) is 0 Å². The molecule has 0 aliphatic carbocycles. The standard InChI is InChI=1S/C10H17N3O2/c1-13-9(14)5-8(10(13)15)12-6-7-3-2-4-11-7/h7-8,11-12H,2-6H2,1H3. The van der Waals surface area contributed by atoms with Crippen molar-refractivity contribution in [3.8, 4) is 0 Å². The minimum Gasteiger partial charge on any atom is -0.313 e. The van der Waals surface area contributed by atoms with Crippen LogP contribution in [0.15, 0.2) is 0 Å². The van der Waals surface area contributed by atoms with Gasteiger partial charge in [-0.05, 0) is 19.4 Å². The maximum absolute atomic E-state index is 11.5. The number of hydrogen-bond acceptors (Lipinski definition) is 4. The van der Waals surface area contributed by atoms with Crippen molar-refractivity contribution in [2.75, 3.05) is 20.1 Å². The smallest absolute Gasteiger partial charge is 0.246 e. The van der Waals surface area contributed by atoms with Crippen LogP contribution in [0, 0.1) is 0 Å². The lowest BCUT2D eigenvalue weighted by Gasteiger charge is -2.15. The Bertz CT molecular complexity index is 274. The lowest BCUT2D eigenvalue weighted by molar-refractivity contribution is -0.137. The van der Waals surface area contributed by atoms with Gasteiger partial charge in [0.05, 0.1) is 12.5 Å². The molecule has 2 atom stereocenters. The summed E-state index contributed by atoms with van der Waals surface area (Å²) in [5.41, 5.74) is 0. The zero-order valence-electron chi connectivity index (χ0n) is 8.95. The van der Waals surface area contributed by atoms with Crippen LogP contribution in [0.2, 0.25) is 0 Å². The Morgan fingerprint density at radius 1 is 1.53 bits per heavy atom. The first-order valence-electron chi connectivity index (χ1n) is 5.45. The van der Waals surface area contributed by atoms with E-state index in [1.165, 1.54) is 11.3 Å². The highest BCUT2D eigenvalue weighted by Crippen LogP contribution is 2.11. The fourth-order valence-electron chi connectivity index (χ4n) is 2.13. The van der Waals surface area contributed by atoms with Crippen molar-refractivity contribution in [2.24, 2.45) is 0 Å². The van der Waals surface area contributed by atoms with Gasteiger partial charge in [0.15, 0.2) is 0 Å². The van der Waals surface area contributed by atoms with Crippen LogP contribution in [-0.2, 0) is 9.59 Å².